The van der Waals surface area contributed by atoms with Gasteiger partial charge < -0.3 is 19.6 Å². The van der Waals surface area contributed by atoms with Crippen molar-refractivity contribution in [1.29, 1.82) is 5.41 Å². The fourth-order valence-electron chi connectivity index (χ4n) is 5.64. The van der Waals surface area contributed by atoms with E-state index in [-0.39, 0.29) is 0 Å². The average molecular weight is 497 g/mol. The Hall–Kier alpha value is -3.15. The predicted molar refractivity (Wildman–Crippen MR) is 154 cm³/mol. The lowest BCUT2D eigenvalue weighted by Crippen LogP contribution is -2.29. The highest BCUT2D eigenvalue weighted by molar-refractivity contribution is 6.02. The average Bonchev–Trinajstić information content (AvgIpc) is 2.90. The Morgan fingerprint density at radius 3 is 2.54 bits per heavy atom. The summed E-state index contributed by atoms with van der Waals surface area (Å²) in [6.07, 6.45) is 5.08. The normalized spacial score (nSPS) is 14.6. The predicted octanol–water partition coefficient (Wildman–Crippen LogP) is 6.45. The summed E-state index contributed by atoms with van der Waals surface area (Å²) in [5, 5.41) is 9.80. The highest BCUT2D eigenvalue weighted by Crippen LogP contribution is 2.41. The van der Waals surface area contributed by atoms with Gasteiger partial charge in [0.25, 0.3) is 0 Å². The molecule has 5 nitrogen and oxygen atoms in total. The minimum Gasteiger partial charge on any atom is -0.456 e. The molecule has 2 aromatic carbocycles. The molecule has 0 spiro atoms. The second-order valence-electron chi connectivity index (χ2n) is 10.6. The molecule has 0 bridgehead atoms. The Morgan fingerprint density at radius 1 is 0.919 bits per heavy atom. The van der Waals surface area contributed by atoms with E-state index in [2.05, 4.69) is 78.2 Å². The van der Waals surface area contributed by atoms with Crippen LogP contribution in [0.1, 0.15) is 38.2 Å². The molecule has 1 N–H and O–H groups in total. The van der Waals surface area contributed by atoms with E-state index in [0.29, 0.717) is 5.36 Å². The summed E-state index contributed by atoms with van der Waals surface area (Å²) in [5.41, 5.74) is 6.88. The zero-order chi connectivity index (χ0) is 25.8. The molecule has 0 radical (unpaired) electrons. The first-order chi connectivity index (χ1) is 18.0. The van der Waals surface area contributed by atoms with Crippen molar-refractivity contribution in [2.75, 3.05) is 51.7 Å². The number of anilines is 1. The summed E-state index contributed by atoms with van der Waals surface area (Å²) in [4.78, 5) is 7.23. The van der Waals surface area contributed by atoms with E-state index in [1.54, 1.807) is 0 Å². The lowest BCUT2D eigenvalue weighted by atomic mass is 9.92. The Labute approximate surface area is 221 Å². The van der Waals surface area contributed by atoms with Crippen LogP contribution in [0.5, 0.6) is 0 Å². The molecule has 0 unspecified atom stereocenters. The van der Waals surface area contributed by atoms with E-state index >= 15 is 0 Å². The molecule has 0 saturated carbocycles. The second-order valence-corrected chi connectivity index (χ2v) is 10.6. The molecule has 2 heterocycles. The number of piperidine rings is 1. The van der Waals surface area contributed by atoms with Crippen molar-refractivity contribution < 1.29 is 4.42 Å². The van der Waals surface area contributed by atoms with Gasteiger partial charge in [-0.05, 0) is 101 Å². The molecule has 1 fully saturated rings. The Morgan fingerprint density at radius 2 is 1.76 bits per heavy atom. The van der Waals surface area contributed by atoms with Crippen molar-refractivity contribution >= 4 is 16.7 Å². The summed E-state index contributed by atoms with van der Waals surface area (Å²) in [7, 11) is 4.25. The summed E-state index contributed by atoms with van der Waals surface area (Å²) >= 11 is 0. The van der Waals surface area contributed by atoms with Crippen LogP contribution in [-0.2, 0) is 6.54 Å². The van der Waals surface area contributed by atoms with Gasteiger partial charge in [-0.25, -0.2) is 0 Å². The first-order valence-corrected chi connectivity index (χ1v) is 13.8. The monoisotopic (exact) mass is 496 g/mol. The largest absolute Gasteiger partial charge is 0.456 e. The van der Waals surface area contributed by atoms with Crippen LogP contribution in [0, 0.1) is 5.41 Å². The molecule has 5 heteroatoms. The Balaban J connectivity index is 1.57. The van der Waals surface area contributed by atoms with Gasteiger partial charge in [0.1, 0.15) is 11.3 Å². The summed E-state index contributed by atoms with van der Waals surface area (Å²) in [5.74, 6) is 0.768. The van der Waals surface area contributed by atoms with Crippen molar-refractivity contribution in [3.8, 4) is 22.5 Å². The Kier molecular flexibility index (Phi) is 7.92. The quantitative estimate of drug-likeness (QED) is 0.271. The van der Waals surface area contributed by atoms with Crippen molar-refractivity contribution in [3.63, 3.8) is 0 Å². The van der Waals surface area contributed by atoms with Crippen LogP contribution in [0.2, 0.25) is 0 Å². The van der Waals surface area contributed by atoms with Gasteiger partial charge in [-0.1, -0.05) is 24.6 Å². The maximum atomic E-state index is 8.21. The van der Waals surface area contributed by atoms with Crippen LogP contribution in [0.4, 0.5) is 5.69 Å². The summed E-state index contributed by atoms with van der Waals surface area (Å²) in [6.45, 7) is 8.63. The second kappa shape index (κ2) is 11.5. The zero-order valence-electron chi connectivity index (χ0n) is 22.6. The van der Waals surface area contributed by atoms with E-state index in [1.165, 1.54) is 54.7 Å². The lowest BCUT2D eigenvalue weighted by molar-refractivity contribution is 0.221. The van der Waals surface area contributed by atoms with Gasteiger partial charge in [-0.2, -0.15) is 0 Å². The molecule has 3 aliphatic rings. The van der Waals surface area contributed by atoms with Crippen molar-refractivity contribution in [3.05, 3.63) is 71.6 Å². The van der Waals surface area contributed by atoms with Crippen LogP contribution in [0.15, 0.2) is 65.1 Å². The van der Waals surface area contributed by atoms with Crippen molar-refractivity contribution in [1.82, 2.24) is 9.80 Å². The molecular weight excluding hydrogens is 456 g/mol. The van der Waals surface area contributed by atoms with Crippen LogP contribution < -0.4 is 10.3 Å². The lowest BCUT2D eigenvalue weighted by Gasteiger charge is -2.26. The van der Waals surface area contributed by atoms with Crippen LogP contribution >= 0.6 is 0 Å². The van der Waals surface area contributed by atoms with Crippen LogP contribution in [-0.4, -0.2) is 56.6 Å². The number of nitrogens with one attached hydrogen (secondary N) is 1. The highest BCUT2D eigenvalue weighted by atomic mass is 16.3. The summed E-state index contributed by atoms with van der Waals surface area (Å²) < 4.78 is 6.46. The molecule has 0 aromatic heterocycles. The van der Waals surface area contributed by atoms with Gasteiger partial charge in [0.15, 0.2) is 0 Å². The van der Waals surface area contributed by atoms with Crippen LogP contribution in [0.3, 0.4) is 0 Å². The molecule has 1 saturated heterocycles. The number of nitrogens with zero attached hydrogens (tertiary/aromatic N) is 3. The SMILES string of the molecule is CCN(CCCN(C)C)c1ccc2c(-c3cccc(CN4CCCCC4)c3)c3ccc(=N)cc-3oc2c1. The molecule has 194 valence electrons. The number of rotatable bonds is 9. The maximum absolute atomic E-state index is 8.21. The first-order valence-electron chi connectivity index (χ1n) is 13.8. The van der Waals surface area contributed by atoms with Gasteiger partial charge in [0, 0.05) is 54.0 Å². The maximum Gasteiger partial charge on any atom is 0.137 e. The molecule has 0 atom stereocenters. The fraction of sp³-hybridized carbons (Fsp3) is 0.406. The molecule has 2 aliphatic heterocycles. The molecule has 2 aromatic rings. The minimum atomic E-state index is 0.468. The van der Waals surface area contributed by atoms with E-state index in [4.69, 9.17) is 9.83 Å². The van der Waals surface area contributed by atoms with Crippen LogP contribution in [0.25, 0.3) is 33.4 Å². The molecule has 5 rings (SSSR count). The topological polar surface area (TPSA) is 46.7 Å². The van der Waals surface area contributed by atoms with Crippen molar-refractivity contribution in [2.45, 2.75) is 39.2 Å². The number of likely N-dealkylation sites (tertiary alicyclic amines) is 1. The zero-order valence-corrected chi connectivity index (χ0v) is 22.6. The number of fused-ring (bicyclic) bond motifs is 2. The molecular formula is C32H40N4O. The van der Waals surface area contributed by atoms with E-state index in [1.807, 2.05) is 18.2 Å². The first kappa shape index (κ1) is 25.5. The Bertz CT molecular complexity index is 1370. The third kappa shape index (κ3) is 5.89. The van der Waals surface area contributed by atoms with Gasteiger partial charge in [0.05, 0.1) is 5.36 Å². The number of hydrogen-bond donors (Lipinski definition) is 1. The van der Waals surface area contributed by atoms with E-state index < -0.39 is 0 Å². The third-order valence-corrected chi connectivity index (χ3v) is 7.56. The highest BCUT2D eigenvalue weighted by Gasteiger charge is 2.19. The van der Waals surface area contributed by atoms with Gasteiger partial charge in [0.2, 0.25) is 0 Å². The molecule has 37 heavy (non-hydrogen) atoms. The van der Waals surface area contributed by atoms with Gasteiger partial charge in [-0.15, -0.1) is 0 Å². The minimum absolute atomic E-state index is 0.468. The number of benzene rings is 3. The van der Waals surface area contributed by atoms with Gasteiger partial charge in [-0.3, -0.25) is 4.90 Å². The smallest absolute Gasteiger partial charge is 0.137 e. The third-order valence-electron chi connectivity index (χ3n) is 7.56. The molecule has 1 aliphatic carbocycles. The summed E-state index contributed by atoms with van der Waals surface area (Å²) in [6, 6.07) is 21.4. The van der Waals surface area contributed by atoms with Crippen molar-refractivity contribution in [2.24, 2.45) is 0 Å². The number of hydrogen-bond acceptors (Lipinski definition) is 5. The standard InChI is InChI=1S/C32H40N4O/c1-4-36(19-9-16-34(2)3)27-13-15-29-31(22-27)37-30-21-26(33)12-14-28(30)32(29)25-11-8-10-24(20-25)23-35-17-6-5-7-18-35/h8,10-15,20-22,33H,4-7,9,16-19,23H2,1-3H3. The molecule has 0 amide bonds. The van der Waals surface area contributed by atoms with Gasteiger partial charge >= 0.3 is 0 Å². The van der Waals surface area contributed by atoms with E-state index in [0.717, 1.165) is 54.9 Å². The fourth-order valence-corrected chi connectivity index (χ4v) is 5.64. The van der Waals surface area contributed by atoms with E-state index in [9.17, 15) is 0 Å².